The highest BCUT2D eigenvalue weighted by Gasteiger charge is 2.18. The first kappa shape index (κ1) is 20.4. The Balaban J connectivity index is 2.14. The smallest absolute Gasteiger partial charge is 0.266 e. The number of fused-ring (bicyclic) bond motifs is 1. The standard InChI is InChI=1S/C21H22ClN3O2S/c1-4-24(5-2)19(26)13-28-21-23-17-11-7-6-9-15(17)20(27)25(21)18-12-8-10-16(22)14(18)3/h6-12H,4-5,13H2,1-3H3. The van der Waals surface area contributed by atoms with Crippen LogP contribution in [0.15, 0.2) is 52.4 Å². The van der Waals surface area contributed by atoms with E-state index >= 15 is 0 Å². The quantitative estimate of drug-likeness (QED) is 0.444. The number of hydrogen-bond acceptors (Lipinski definition) is 4. The Morgan fingerprint density at radius 2 is 1.86 bits per heavy atom. The molecular weight excluding hydrogens is 394 g/mol. The van der Waals surface area contributed by atoms with Gasteiger partial charge in [-0.25, -0.2) is 4.98 Å². The van der Waals surface area contributed by atoms with E-state index in [1.807, 2.05) is 51.1 Å². The molecule has 0 atom stereocenters. The van der Waals surface area contributed by atoms with Gasteiger partial charge in [-0.2, -0.15) is 0 Å². The maximum atomic E-state index is 13.3. The van der Waals surface area contributed by atoms with Gasteiger partial charge in [0.25, 0.3) is 5.56 Å². The van der Waals surface area contributed by atoms with Crippen LogP contribution in [-0.2, 0) is 4.79 Å². The lowest BCUT2D eigenvalue weighted by molar-refractivity contribution is -0.127. The van der Waals surface area contributed by atoms with Crippen LogP contribution in [0, 0.1) is 6.92 Å². The number of carbonyl (C=O) groups is 1. The highest BCUT2D eigenvalue weighted by atomic mass is 35.5. The monoisotopic (exact) mass is 415 g/mol. The van der Waals surface area contributed by atoms with E-state index in [2.05, 4.69) is 4.98 Å². The molecule has 2 aromatic carbocycles. The molecule has 1 aromatic heterocycles. The third kappa shape index (κ3) is 3.93. The maximum Gasteiger partial charge on any atom is 0.266 e. The Labute approximate surface area is 173 Å². The summed E-state index contributed by atoms with van der Waals surface area (Å²) in [5, 5.41) is 1.59. The molecule has 7 heteroatoms. The summed E-state index contributed by atoms with van der Waals surface area (Å²) in [6, 6.07) is 12.7. The topological polar surface area (TPSA) is 55.2 Å². The molecule has 0 bridgehead atoms. The van der Waals surface area contributed by atoms with Crippen LogP contribution in [0.4, 0.5) is 0 Å². The molecule has 5 nitrogen and oxygen atoms in total. The molecule has 0 N–H and O–H groups in total. The van der Waals surface area contributed by atoms with Crippen molar-refractivity contribution in [2.75, 3.05) is 18.8 Å². The fraction of sp³-hybridized carbons (Fsp3) is 0.286. The zero-order valence-electron chi connectivity index (χ0n) is 16.1. The number of halogens is 1. The number of nitrogens with zero attached hydrogens (tertiary/aromatic N) is 3. The van der Waals surface area contributed by atoms with E-state index in [0.29, 0.717) is 39.9 Å². The van der Waals surface area contributed by atoms with Gasteiger partial charge in [0.15, 0.2) is 5.16 Å². The van der Waals surface area contributed by atoms with Crippen molar-refractivity contribution in [1.82, 2.24) is 14.5 Å². The second-order valence-corrected chi connectivity index (χ2v) is 7.64. The van der Waals surface area contributed by atoms with Crippen molar-refractivity contribution in [3.8, 4) is 5.69 Å². The Morgan fingerprint density at radius 3 is 2.57 bits per heavy atom. The van der Waals surface area contributed by atoms with Gasteiger partial charge in [-0.1, -0.05) is 41.6 Å². The molecule has 0 saturated carbocycles. The van der Waals surface area contributed by atoms with E-state index in [4.69, 9.17) is 11.6 Å². The fourth-order valence-corrected chi connectivity index (χ4v) is 4.13. The van der Waals surface area contributed by atoms with Gasteiger partial charge in [0.1, 0.15) is 0 Å². The molecule has 0 unspecified atom stereocenters. The minimum atomic E-state index is -0.172. The summed E-state index contributed by atoms with van der Waals surface area (Å²) in [5.74, 6) is 0.235. The van der Waals surface area contributed by atoms with Crippen LogP contribution in [0.25, 0.3) is 16.6 Å². The summed E-state index contributed by atoms with van der Waals surface area (Å²) in [4.78, 5) is 32.2. The average molecular weight is 416 g/mol. The minimum absolute atomic E-state index is 0.0202. The van der Waals surface area contributed by atoms with Crippen LogP contribution in [0.3, 0.4) is 0 Å². The van der Waals surface area contributed by atoms with Crippen molar-refractivity contribution in [3.05, 3.63) is 63.4 Å². The Morgan fingerprint density at radius 1 is 1.14 bits per heavy atom. The Bertz CT molecular complexity index is 1080. The SMILES string of the molecule is CCN(CC)C(=O)CSc1nc2ccccc2c(=O)n1-c1cccc(Cl)c1C. The lowest BCUT2D eigenvalue weighted by atomic mass is 10.2. The van der Waals surface area contributed by atoms with Crippen molar-refractivity contribution in [3.63, 3.8) is 0 Å². The molecule has 1 amide bonds. The van der Waals surface area contributed by atoms with Crippen LogP contribution in [0.2, 0.25) is 5.02 Å². The molecule has 0 aliphatic rings. The van der Waals surface area contributed by atoms with Crippen molar-refractivity contribution in [2.45, 2.75) is 25.9 Å². The predicted molar refractivity (Wildman–Crippen MR) is 116 cm³/mol. The summed E-state index contributed by atoms with van der Waals surface area (Å²) < 4.78 is 1.56. The molecule has 0 aliphatic heterocycles. The number of aromatic nitrogens is 2. The molecule has 28 heavy (non-hydrogen) atoms. The van der Waals surface area contributed by atoms with Crippen LogP contribution in [-0.4, -0.2) is 39.2 Å². The number of amides is 1. The molecule has 146 valence electrons. The van der Waals surface area contributed by atoms with Gasteiger partial charge < -0.3 is 4.90 Å². The van der Waals surface area contributed by atoms with E-state index in [9.17, 15) is 9.59 Å². The van der Waals surface area contributed by atoms with E-state index in [0.717, 1.165) is 5.56 Å². The summed E-state index contributed by atoms with van der Waals surface area (Å²) in [6.07, 6.45) is 0. The molecule has 3 rings (SSSR count). The molecule has 0 fully saturated rings. The van der Waals surface area contributed by atoms with E-state index < -0.39 is 0 Å². The first-order valence-electron chi connectivity index (χ1n) is 9.15. The first-order valence-corrected chi connectivity index (χ1v) is 10.5. The summed E-state index contributed by atoms with van der Waals surface area (Å²) in [6.45, 7) is 7.08. The highest BCUT2D eigenvalue weighted by molar-refractivity contribution is 7.99. The van der Waals surface area contributed by atoms with Gasteiger partial charge in [0, 0.05) is 18.1 Å². The summed E-state index contributed by atoms with van der Waals surface area (Å²) >= 11 is 7.56. The number of thioether (sulfide) groups is 1. The highest BCUT2D eigenvalue weighted by Crippen LogP contribution is 2.26. The minimum Gasteiger partial charge on any atom is -0.343 e. The largest absolute Gasteiger partial charge is 0.343 e. The second-order valence-electron chi connectivity index (χ2n) is 6.29. The van der Waals surface area contributed by atoms with Crippen molar-refractivity contribution in [1.29, 1.82) is 0 Å². The van der Waals surface area contributed by atoms with Crippen molar-refractivity contribution < 1.29 is 4.79 Å². The molecule has 1 heterocycles. The average Bonchev–Trinajstić information content (AvgIpc) is 2.70. The second kappa shape index (κ2) is 8.80. The van der Waals surface area contributed by atoms with Gasteiger partial charge >= 0.3 is 0 Å². The number of carbonyl (C=O) groups excluding carboxylic acids is 1. The Kier molecular flexibility index (Phi) is 6.42. The van der Waals surface area contributed by atoms with E-state index in [1.165, 1.54) is 11.8 Å². The Hall–Kier alpha value is -2.31. The molecule has 0 radical (unpaired) electrons. The van der Waals surface area contributed by atoms with E-state index in [1.54, 1.807) is 21.6 Å². The lowest BCUT2D eigenvalue weighted by Crippen LogP contribution is -2.32. The van der Waals surface area contributed by atoms with Gasteiger partial charge in [0.2, 0.25) is 5.91 Å². The predicted octanol–water partition coefficient (Wildman–Crippen LogP) is 4.31. The molecular formula is C21H22ClN3O2S. The van der Waals surface area contributed by atoms with Gasteiger partial charge in [-0.05, 0) is 50.6 Å². The normalized spacial score (nSPS) is 11.0. The third-order valence-corrected chi connectivity index (χ3v) is 6.00. The summed E-state index contributed by atoms with van der Waals surface area (Å²) in [5.41, 5.74) is 1.91. The summed E-state index contributed by atoms with van der Waals surface area (Å²) in [7, 11) is 0. The van der Waals surface area contributed by atoms with Crippen LogP contribution < -0.4 is 5.56 Å². The molecule has 0 saturated heterocycles. The van der Waals surface area contributed by atoms with Gasteiger partial charge in [0.05, 0.1) is 22.3 Å². The first-order chi connectivity index (χ1) is 13.5. The molecule has 3 aromatic rings. The van der Waals surface area contributed by atoms with Crippen molar-refractivity contribution >= 4 is 40.2 Å². The van der Waals surface area contributed by atoms with Crippen LogP contribution in [0.5, 0.6) is 0 Å². The van der Waals surface area contributed by atoms with Crippen molar-refractivity contribution in [2.24, 2.45) is 0 Å². The molecule has 0 aliphatic carbocycles. The number of para-hydroxylation sites is 1. The molecule has 0 spiro atoms. The lowest BCUT2D eigenvalue weighted by Gasteiger charge is -2.19. The zero-order valence-corrected chi connectivity index (χ0v) is 17.7. The number of rotatable bonds is 6. The van der Waals surface area contributed by atoms with Gasteiger partial charge in [-0.3, -0.25) is 14.2 Å². The van der Waals surface area contributed by atoms with Crippen LogP contribution >= 0.6 is 23.4 Å². The number of hydrogen-bond donors (Lipinski definition) is 0. The van der Waals surface area contributed by atoms with Crippen LogP contribution in [0.1, 0.15) is 19.4 Å². The van der Waals surface area contributed by atoms with Gasteiger partial charge in [-0.15, -0.1) is 0 Å². The van der Waals surface area contributed by atoms with E-state index in [-0.39, 0.29) is 17.2 Å². The fourth-order valence-electron chi connectivity index (χ4n) is 3.05. The third-order valence-electron chi connectivity index (χ3n) is 4.67. The zero-order chi connectivity index (χ0) is 20.3. The maximum absolute atomic E-state index is 13.3. The number of benzene rings is 2.